The zero-order valence-corrected chi connectivity index (χ0v) is 8.41. The van der Waals surface area contributed by atoms with Gasteiger partial charge in [0.05, 0.1) is 11.6 Å². The molecular weight excluding hydrogens is 174 g/mol. The van der Waals surface area contributed by atoms with Crippen LogP contribution in [0.5, 0.6) is 5.75 Å². The molecule has 1 aromatic rings. The Morgan fingerprint density at radius 3 is 2.86 bits per heavy atom. The van der Waals surface area contributed by atoms with Gasteiger partial charge in [0.2, 0.25) is 0 Å². The van der Waals surface area contributed by atoms with Crippen molar-refractivity contribution >= 4 is 0 Å². The maximum Gasteiger partial charge on any atom is 0.119 e. The molecule has 0 saturated carbocycles. The summed E-state index contributed by atoms with van der Waals surface area (Å²) in [7, 11) is 0. The molecule has 0 radical (unpaired) electrons. The van der Waals surface area contributed by atoms with Gasteiger partial charge in [-0.3, -0.25) is 0 Å². The van der Waals surface area contributed by atoms with Gasteiger partial charge in [0, 0.05) is 0 Å². The molecule has 0 heterocycles. The molecule has 2 nitrogen and oxygen atoms in total. The van der Waals surface area contributed by atoms with Crippen LogP contribution in [-0.4, -0.2) is 5.11 Å². The molecule has 0 bridgehead atoms. The van der Waals surface area contributed by atoms with Crippen molar-refractivity contribution in [3.8, 4) is 11.8 Å². The Labute approximate surface area is 84.1 Å². The molecule has 0 aliphatic rings. The van der Waals surface area contributed by atoms with Crippen LogP contribution in [0, 0.1) is 11.3 Å². The highest BCUT2D eigenvalue weighted by Gasteiger charge is 2.02. The predicted molar refractivity (Wildman–Crippen MR) is 56.0 cm³/mol. The smallest absolute Gasteiger partial charge is 0.119 e. The number of hydrogen-bond donors (Lipinski definition) is 1. The van der Waals surface area contributed by atoms with Crippen molar-refractivity contribution in [3.05, 3.63) is 41.0 Å². The van der Waals surface area contributed by atoms with E-state index in [4.69, 9.17) is 5.26 Å². The van der Waals surface area contributed by atoms with E-state index in [1.807, 2.05) is 19.9 Å². The van der Waals surface area contributed by atoms with E-state index in [-0.39, 0.29) is 5.75 Å². The minimum absolute atomic E-state index is 0.255. The molecule has 0 atom stereocenters. The van der Waals surface area contributed by atoms with E-state index in [1.165, 1.54) is 5.57 Å². The van der Waals surface area contributed by atoms with Crippen molar-refractivity contribution in [3.63, 3.8) is 0 Å². The molecule has 2 heteroatoms. The van der Waals surface area contributed by atoms with Gasteiger partial charge in [-0.25, -0.2) is 0 Å². The van der Waals surface area contributed by atoms with E-state index in [0.29, 0.717) is 12.0 Å². The van der Waals surface area contributed by atoms with Gasteiger partial charge < -0.3 is 5.11 Å². The predicted octanol–water partition coefficient (Wildman–Crippen LogP) is 2.77. The lowest BCUT2D eigenvalue weighted by Crippen LogP contribution is -1.89. The number of nitrogens with zero attached hydrogens (tertiary/aromatic N) is 1. The Kier molecular flexibility index (Phi) is 3.30. The molecule has 1 N–H and O–H groups in total. The Morgan fingerprint density at radius 1 is 1.57 bits per heavy atom. The number of phenolic OH excluding ortho intramolecular Hbond substituents is 1. The van der Waals surface area contributed by atoms with Gasteiger partial charge in [-0.05, 0) is 44.0 Å². The second kappa shape index (κ2) is 4.48. The quantitative estimate of drug-likeness (QED) is 0.723. The van der Waals surface area contributed by atoms with Crippen LogP contribution in [0.25, 0.3) is 0 Å². The third-order valence-corrected chi connectivity index (χ3v) is 2.17. The molecule has 1 rings (SSSR count). The average Bonchev–Trinajstić information content (AvgIpc) is 2.21. The van der Waals surface area contributed by atoms with Gasteiger partial charge >= 0.3 is 0 Å². The normalized spacial score (nSPS) is 11.1. The molecule has 0 aliphatic carbocycles. The highest BCUT2D eigenvalue weighted by Crippen LogP contribution is 2.21. The summed E-state index contributed by atoms with van der Waals surface area (Å²) >= 11 is 0. The first-order valence-electron chi connectivity index (χ1n) is 4.51. The summed E-state index contributed by atoms with van der Waals surface area (Å²) in [4.78, 5) is 0. The lowest BCUT2D eigenvalue weighted by Gasteiger charge is -2.04. The highest BCUT2D eigenvalue weighted by molar-refractivity contribution is 5.42. The monoisotopic (exact) mass is 187 g/mol. The van der Waals surface area contributed by atoms with Crippen molar-refractivity contribution in [2.45, 2.75) is 20.3 Å². The molecule has 0 spiro atoms. The van der Waals surface area contributed by atoms with E-state index in [0.717, 1.165) is 5.56 Å². The summed E-state index contributed by atoms with van der Waals surface area (Å²) in [6.45, 7) is 3.96. The van der Waals surface area contributed by atoms with E-state index in [9.17, 15) is 5.11 Å². The van der Waals surface area contributed by atoms with Crippen LogP contribution in [0.15, 0.2) is 29.8 Å². The minimum Gasteiger partial charge on any atom is -0.508 e. The second-order valence-corrected chi connectivity index (χ2v) is 3.27. The van der Waals surface area contributed by atoms with Crippen molar-refractivity contribution in [2.24, 2.45) is 0 Å². The number of benzene rings is 1. The molecular formula is C12H13NO. The Bertz CT molecular complexity index is 399. The van der Waals surface area contributed by atoms with Crippen molar-refractivity contribution in [1.29, 1.82) is 5.26 Å². The first-order valence-corrected chi connectivity index (χ1v) is 4.51. The average molecular weight is 187 g/mol. The molecule has 14 heavy (non-hydrogen) atoms. The summed E-state index contributed by atoms with van der Waals surface area (Å²) in [5, 5.41) is 18.2. The highest BCUT2D eigenvalue weighted by atomic mass is 16.3. The van der Waals surface area contributed by atoms with Crippen molar-refractivity contribution < 1.29 is 5.11 Å². The number of nitriles is 1. The third-order valence-electron chi connectivity index (χ3n) is 2.17. The Hall–Kier alpha value is -1.75. The van der Waals surface area contributed by atoms with Gasteiger partial charge in [-0.15, -0.1) is 0 Å². The van der Waals surface area contributed by atoms with Crippen LogP contribution in [0.4, 0.5) is 0 Å². The van der Waals surface area contributed by atoms with Crippen molar-refractivity contribution in [2.75, 3.05) is 0 Å². The van der Waals surface area contributed by atoms with Gasteiger partial charge in [0.25, 0.3) is 0 Å². The molecule has 0 saturated heterocycles. The fourth-order valence-corrected chi connectivity index (χ4v) is 1.20. The summed E-state index contributed by atoms with van der Waals surface area (Å²) < 4.78 is 0. The number of phenols is 1. The van der Waals surface area contributed by atoms with E-state index < -0.39 is 0 Å². The van der Waals surface area contributed by atoms with Crippen LogP contribution in [0.3, 0.4) is 0 Å². The number of hydrogen-bond acceptors (Lipinski definition) is 2. The maximum absolute atomic E-state index is 9.54. The third kappa shape index (κ3) is 2.37. The second-order valence-electron chi connectivity index (χ2n) is 3.27. The van der Waals surface area contributed by atoms with Crippen molar-refractivity contribution in [1.82, 2.24) is 0 Å². The number of rotatable bonds is 2. The zero-order valence-electron chi connectivity index (χ0n) is 8.41. The van der Waals surface area contributed by atoms with Gasteiger partial charge in [0.15, 0.2) is 0 Å². The van der Waals surface area contributed by atoms with Gasteiger partial charge in [0.1, 0.15) is 5.75 Å². The maximum atomic E-state index is 9.54. The molecule has 0 fully saturated rings. The van der Waals surface area contributed by atoms with Crippen LogP contribution >= 0.6 is 0 Å². The number of aromatic hydroxyl groups is 1. The number of allylic oxidation sites excluding steroid dienone is 2. The molecule has 1 aromatic carbocycles. The molecule has 0 aliphatic heterocycles. The summed E-state index contributed by atoms with van der Waals surface area (Å²) in [6, 6.07) is 6.96. The van der Waals surface area contributed by atoms with E-state index in [1.54, 1.807) is 18.2 Å². The molecule has 0 aromatic heterocycles. The fourth-order valence-electron chi connectivity index (χ4n) is 1.20. The van der Waals surface area contributed by atoms with E-state index in [2.05, 4.69) is 6.07 Å². The van der Waals surface area contributed by atoms with Gasteiger partial charge in [-0.2, -0.15) is 5.26 Å². The lowest BCUT2D eigenvalue weighted by atomic mass is 10.0. The first-order chi connectivity index (χ1) is 6.67. The first kappa shape index (κ1) is 10.3. The van der Waals surface area contributed by atoms with Crippen LogP contribution in [0.2, 0.25) is 0 Å². The zero-order chi connectivity index (χ0) is 10.6. The van der Waals surface area contributed by atoms with Crippen LogP contribution < -0.4 is 0 Å². The minimum atomic E-state index is 0.255. The largest absolute Gasteiger partial charge is 0.508 e. The van der Waals surface area contributed by atoms with Crippen LogP contribution in [0.1, 0.15) is 25.0 Å². The Morgan fingerprint density at radius 2 is 2.29 bits per heavy atom. The molecule has 0 unspecified atom stereocenters. The van der Waals surface area contributed by atoms with E-state index >= 15 is 0 Å². The lowest BCUT2D eigenvalue weighted by molar-refractivity contribution is 0.469. The van der Waals surface area contributed by atoms with Gasteiger partial charge in [-0.1, -0.05) is 11.6 Å². The topological polar surface area (TPSA) is 44.0 Å². The summed E-state index contributed by atoms with van der Waals surface area (Å²) in [5.74, 6) is 0.255. The molecule has 0 amide bonds. The fraction of sp³-hybridized carbons (Fsp3) is 0.250. The Balaban J connectivity index is 3.02. The standard InChI is InChI=1S/C12H13NO/c1-3-9(2)6-11-7-10(8-13)4-5-12(11)14/h3-5,7,14H,6H2,1-2H3. The SMILES string of the molecule is CC=C(C)Cc1cc(C#N)ccc1O. The van der Waals surface area contributed by atoms with Crippen LogP contribution in [-0.2, 0) is 6.42 Å². The summed E-state index contributed by atoms with van der Waals surface area (Å²) in [6.07, 6.45) is 2.69. The summed E-state index contributed by atoms with van der Waals surface area (Å²) in [5.41, 5.74) is 2.57. The molecule has 72 valence electrons.